The fourth-order valence-electron chi connectivity index (χ4n) is 3.66. The van der Waals surface area contributed by atoms with Crippen molar-refractivity contribution in [3.05, 3.63) is 101 Å². The lowest BCUT2D eigenvalue weighted by atomic mass is 10.1. The molecule has 0 atom stereocenters. The van der Waals surface area contributed by atoms with Crippen molar-refractivity contribution in [2.24, 2.45) is 0 Å². The first-order chi connectivity index (χ1) is 16.9. The molecule has 1 aliphatic heterocycles. The van der Waals surface area contributed by atoms with Crippen molar-refractivity contribution in [1.82, 2.24) is 9.80 Å². The molecular formula is C25H23N3O7. The molecule has 0 saturated carbocycles. The molecule has 0 saturated heterocycles. The summed E-state index contributed by atoms with van der Waals surface area (Å²) in [6, 6.07) is 14.3. The third-order valence-electron chi connectivity index (χ3n) is 5.36. The van der Waals surface area contributed by atoms with Crippen LogP contribution in [0.3, 0.4) is 0 Å². The summed E-state index contributed by atoms with van der Waals surface area (Å²) in [6.45, 7) is 4.08. The van der Waals surface area contributed by atoms with E-state index in [1.54, 1.807) is 29.2 Å². The van der Waals surface area contributed by atoms with Gasteiger partial charge in [0.05, 0.1) is 17.7 Å². The molecule has 0 bridgehead atoms. The molecule has 10 nitrogen and oxygen atoms in total. The zero-order valence-electron chi connectivity index (χ0n) is 18.8. The molecule has 0 radical (unpaired) electrons. The maximum atomic E-state index is 13.4. The summed E-state index contributed by atoms with van der Waals surface area (Å²) in [4.78, 5) is 39.9. The molecule has 2 aromatic carbocycles. The van der Waals surface area contributed by atoms with Crippen LogP contribution in [0.1, 0.15) is 21.7 Å². The molecule has 2 amide bonds. The molecule has 0 fully saturated rings. The number of non-ortho nitro benzene ring substituents is 1. The minimum atomic E-state index is -0.573. The Kier molecular flexibility index (Phi) is 7.10. The number of nitrogens with zero attached hydrogens (tertiary/aromatic N) is 3. The van der Waals surface area contributed by atoms with Gasteiger partial charge in [-0.05, 0) is 35.9 Å². The number of amides is 2. The molecule has 1 aromatic heterocycles. The first kappa shape index (κ1) is 23.6. The van der Waals surface area contributed by atoms with Gasteiger partial charge in [0, 0.05) is 30.8 Å². The predicted octanol–water partition coefficient (Wildman–Crippen LogP) is 3.77. The molecule has 3 aromatic rings. The van der Waals surface area contributed by atoms with E-state index in [0.717, 1.165) is 5.56 Å². The highest BCUT2D eigenvalue weighted by molar-refractivity contribution is 5.97. The number of rotatable bonds is 10. The Morgan fingerprint density at radius 1 is 1.03 bits per heavy atom. The Hall–Kier alpha value is -4.60. The van der Waals surface area contributed by atoms with Crippen LogP contribution in [0.25, 0.3) is 0 Å². The molecule has 0 N–H and O–H groups in total. The van der Waals surface area contributed by atoms with Crippen LogP contribution in [0, 0.1) is 10.1 Å². The lowest BCUT2D eigenvalue weighted by Crippen LogP contribution is -2.42. The van der Waals surface area contributed by atoms with E-state index in [-0.39, 0.29) is 50.1 Å². The topological polar surface area (TPSA) is 115 Å². The van der Waals surface area contributed by atoms with Crippen molar-refractivity contribution < 1.29 is 28.4 Å². The number of fused-ring (bicyclic) bond motifs is 1. The van der Waals surface area contributed by atoms with Crippen molar-refractivity contribution in [1.29, 1.82) is 0 Å². The van der Waals surface area contributed by atoms with Crippen LogP contribution in [0.5, 0.6) is 11.5 Å². The highest BCUT2D eigenvalue weighted by atomic mass is 16.7. The van der Waals surface area contributed by atoms with Crippen LogP contribution in [-0.2, 0) is 17.9 Å². The largest absolute Gasteiger partial charge is 0.467 e. The van der Waals surface area contributed by atoms with Gasteiger partial charge in [-0.1, -0.05) is 18.2 Å². The van der Waals surface area contributed by atoms with Gasteiger partial charge in [0.15, 0.2) is 11.5 Å². The van der Waals surface area contributed by atoms with Crippen LogP contribution < -0.4 is 9.47 Å². The first-order valence-electron chi connectivity index (χ1n) is 10.8. The summed E-state index contributed by atoms with van der Waals surface area (Å²) in [7, 11) is 0. The van der Waals surface area contributed by atoms with Gasteiger partial charge in [0.2, 0.25) is 12.7 Å². The smallest absolute Gasteiger partial charge is 0.270 e. The molecule has 10 heteroatoms. The molecule has 180 valence electrons. The van der Waals surface area contributed by atoms with Crippen molar-refractivity contribution in [2.75, 3.05) is 19.9 Å². The van der Waals surface area contributed by atoms with Crippen LogP contribution in [-0.4, -0.2) is 46.4 Å². The van der Waals surface area contributed by atoms with Gasteiger partial charge in [-0.2, -0.15) is 0 Å². The molecular weight excluding hydrogens is 454 g/mol. The normalized spacial score (nSPS) is 11.7. The summed E-state index contributed by atoms with van der Waals surface area (Å²) in [6.07, 6.45) is 3.02. The van der Waals surface area contributed by atoms with Gasteiger partial charge in [-0.15, -0.1) is 6.58 Å². The zero-order valence-corrected chi connectivity index (χ0v) is 18.8. The van der Waals surface area contributed by atoms with Gasteiger partial charge in [0.1, 0.15) is 12.3 Å². The Morgan fingerprint density at radius 2 is 1.86 bits per heavy atom. The van der Waals surface area contributed by atoms with E-state index >= 15 is 0 Å². The van der Waals surface area contributed by atoms with Crippen molar-refractivity contribution >= 4 is 17.5 Å². The van der Waals surface area contributed by atoms with Gasteiger partial charge >= 0.3 is 0 Å². The summed E-state index contributed by atoms with van der Waals surface area (Å²) in [5.74, 6) is 0.974. The van der Waals surface area contributed by atoms with E-state index in [0.29, 0.717) is 17.3 Å². The maximum Gasteiger partial charge on any atom is 0.270 e. The minimum absolute atomic E-state index is 0.0892. The van der Waals surface area contributed by atoms with Crippen molar-refractivity contribution in [2.45, 2.75) is 13.1 Å². The van der Waals surface area contributed by atoms with Gasteiger partial charge in [0.25, 0.3) is 11.6 Å². The van der Waals surface area contributed by atoms with Crippen LogP contribution in [0.4, 0.5) is 5.69 Å². The number of nitro benzene ring substituents is 1. The summed E-state index contributed by atoms with van der Waals surface area (Å²) >= 11 is 0. The fraction of sp³-hybridized carbons (Fsp3) is 0.200. The van der Waals surface area contributed by atoms with Crippen molar-refractivity contribution in [3.8, 4) is 11.5 Å². The van der Waals surface area contributed by atoms with Gasteiger partial charge in [-0.3, -0.25) is 19.7 Å². The number of furan rings is 1. The second-order valence-electron chi connectivity index (χ2n) is 7.80. The highest BCUT2D eigenvalue weighted by Crippen LogP contribution is 2.33. The summed E-state index contributed by atoms with van der Waals surface area (Å²) in [5, 5.41) is 11.1. The highest BCUT2D eigenvalue weighted by Gasteiger charge is 2.24. The number of ether oxygens (including phenoxy) is 2. The van der Waals surface area contributed by atoms with E-state index in [4.69, 9.17) is 13.9 Å². The average Bonchev–Trinajstić information content (AvgIpc) is 3.54. The summed E-state index contributed by atoms with van der Waals surface area (Å²) in [5.41, 5.74) is 0.722. The summed E-state index contributed by atoms with van der Waals surface area (Å²) < 4.78 is 16.2. The average molecular weight is 477 g/mol. The molecule has 0 unspecified atom stereocenters. The third-order valence-corrected chi connectivity index (χ3v) is 5.36. The number of benzene rings is 2. The number of carbonyl (C=O) groups is 2. The quantitative estimate of drug-likeness (QED) is 0.248. The van der Waals surface area contributed by atoms with E-state index in [9.17, 15) is 19.7 Å². The third kappa shape index (κ3) is 5.67. The zero-order chi connectivity index (χ0) is 24.8. The predicted molar refractivity (Wildman–Crippen MR) is 125 cm³/mol. The lowest BCUT2D eigenvalue weighted by molar-refractivity contribution is -0.384. The van der Waals surface area contributed by atoms with E-state index in [1.807, 2.05) is 6.07 Å². The lowest BCUT2D eigenvalue weighted by Gasteiger charge is -2.27. The number of nitro groups is 1. The molecule has 2 heterocycles. The van der Waals surface area contributed by atoms with Crippen molar-refractivity contribution in [3.63, 3.8) is 0 Å². The van der Waals surface area contributed by atoms with Gasteiger partial charge in [-0.25, -0.2) is 0 Å². The second-order valence-corrected chi connectivity index (χ2v) is 7.80. The fourth-order valence-corrected chi connectivity index (χ4v) is 3.66. The van der Waals surface area contributed by atoms with E-state index in [1.165, 1.54) is 41.5 Å². The minimum Gasteiger partial charge on any atom is -0.467 e. The SMILES string of the molecule is C=CCN(CC(=O)N(Cc1ccc2c(c1)OCO2)Cc1ccco1)C(=O)c1cccc([N+](=O)[O-])c1. The van der Waals surface area contributed by atoms with Crippen LogP contribution in [0.2, 0.25) is 0 Å². The number of hydrogen-bond acceptors (Lipinski definition) is 7. The van der Waals surface area contributed by atoms with Gasteiger partial charge < -0.3 is 23.7 Å². The Balaban J connectivity index is 1.54. The Morgan fingerprint density at radius 3 is 2.60 bits per heavy atom. The van der Waals surface area contributed by atoms with E-state index in [2.05, 4.69) is 6.58 Å². The molecule has 0 aliphatic carbocycles. The second kappa shape index (κ2) is 10.6. The molecule has 0 spiro atoms. The number of hydrogen-bond donors (Lipinski definition) is 0. The van der Waals surface area contributed by atoms with E-state index < -0.39 is 10.8 Å². The molecule has 35 heavy (non-hydrogen) atoms. The first-order valence-corrected chi connectivity index (χ1v) is 10.8. The Labute approximate surface area is 201 Å². The standard InChI is InChI=1S/C25H23N3O7/c1-2-10-26(25(30)19-5-3-6-20(13-19)28(31)32)16-24(29)27(15-21-7-4-11-33-21)14-18-8-9-22-23(12-18)35-17-34-22/h2-9,11-13H,1,10,14-17H2. The van der Waals surface area contributed by atoms with Crippen LogP contribution in [0.15, 0.2) is 77.9 Å². The molecule has 4 rings (SSSR count). The van der Waals surface area contributed by atoms with Crippen LogP contribution >= 0.6 is 0 Å². The maximum absolute atomic E-state index is 13.4. The Bertz CT molecular complexity index is 1240. The monoisotopic (exact) mass is 477 g/mol. The molecule has 1 aliphatic rings. The number of carbonyl (C=O) groups excluding carboxylic acids is 2.